The Balaban J connectivity index is 2.45. The number of hydrogen-bond acceptors (Lipinski definition) is 2. The predicted octanol–water partition coefficient (Wildman–Crippen LogP) is 1.62. The molecule has 3 heteroatoms. The van der Waals surface area contributed by atoms with Crippen LogP contribution in [-0.2, 0) is 4.79 Å². The van der Waals surface area contributed by atoms with Crippen LogP contribution >= 0.6 is 0 Å². The smallest absolute Gasteiger partial charge is 0.222 e. The van der Waals surface area contributed by atoms with Crippen LogP contribution in [0.2, 0.25) is 0 Å². The second-order valence-corrected chi connectivity index (χ2v) is 5.20. The summed E-state index contributed by atoms with van der Waals surface area (Å²) in [6.07, 6.45) is 2.95. The minimum atomic E-state index is 0.208. The molecule has 3 nitrogen and oxygen atoms in total. The van der Waals surface area contributed by atoms with Crippen LogP contribution in [0, 0.1) is 11.8 Å². The van der Waals surface area contributed by atoms with E-state index in [1.807, 2.05) is 11.8 Å². The Hall–Kier alpha value is -0.570. The summed E-state index contributed by atoms with van der Waals surface area (Å²) in [6, 6.07) is 0.208. The lowest BCUT2D eigenvalue weighted by atomic mass is 9.92. The summed E-state index contributed by atoms with van der Waals surface area (Å²) in [4.78, 5) is 13.9. The molecule has 0 aromatic rings. The average molecular weight is 212 g/mol. The lowest BCUT2D eigenvalue weighted by molar-refractivity contribution is -0.133. The Morgan fingerprint density at radius 3 is 2.67 bits per heavy atom. The second kappa shape index (κ2) is 5.50. The van der Waals surface area contributed by atoms with E-state index in [1.165, 1.54) is 6.42 Å². The molecule has 0 unspecified atom stereocenters. The monoisotopic (exact) mass is 212 g/mol. The minimum Gasteiger partial charge on any atom is -0.342 e. The maximum atomic E-state index is 11.9. The van der Waals surface area contributed by atoms with Gasteiger partial charge in [0.1, 0.15) is 0 Å². The van der Waals surface area contributed by atoms with Crippen molar-refractivity contribution < 1.29 is 4.79 Å². The molecule has 1 aliphatic rings. The molecule has 0 radical (unpaired) electrons. The molecular formula is C12H24N2O. The lowest BCUT2D eigenvalue weighted by Gasteiger charge is -2.35. The quantitative estimate of drug-likeness (QED) is 0.772. The summed E-state index contributed by atoms with van der Waals surface area (Å²) in [5.74, 6) is 1.25. The number of rotatable bonds is 3. The Morgan fingerprint density at radius 1 is 1.47 bits per heavy atom. The molecule has 0 saturated carbocycles. The summed E-state index contributed by atoms with van der Waals surface area (Å²) in [5.41, 5.74) is 5.89. The van der Waals surface area contributed by atoms with Crippen LogP contribution in [0.25, 0.3) is 0 Å². The van der Waals surface area contributed by atoms with Crippen molar-refractivity contribution in [2.45, 2.75) is 46.1 Å². The number of carbonyl (C=O) groups is 1. The third-order valence-electron chi connectivity index (χ3n) is 3.14. The van der Waals surface area contributed by atoms with Crippen molar-refractivity contribution in [3.05, 3.63) is 0 Å². The summed E-state index contributed by atoms with van der Waals surface area (Å²) < 4.78 is 0. The van der Waals surface area contributed by atoms with Gasteiger partial charge in [0.05, 0.1) is 0 Å². The van der Waals surface area contributed by atoms with E-state index in [1.54, 1.807) is 0 Å². The average Bonchev–Trinajstić information content (AvgIpc) is 2.17. The molecule has 0 aliphatic carbocycles. The number of nitrogens with two attached hydrogens (primary N) is 1. The molecule has 1 rings (SSSR count). The molecule has 1 aliphatic heterocycles. The van der Waals surface area contributed by atoms with Crippen molar-refractivity contribution in [1.82, 2.24) is 4.90 Å². The molecule has 1 saturated heterocycles. The first kappa shape index (κ1) is 12.5. The third-order valence-corrected chi connectivity index (χ3v) is 3.14. The van der Waals surface area contributed by atoms with E-state index < -0.39 is 0 Å². The van der Waals surface area contributed by atoms with Gasteiger partial charge in [-0.2, -0.15) is 0 Å². The minimum absolute atomic E-state index is 0.208. The number of hydrogen-bond donors (Lipinski definition) is 1. The SMILES string of the molecule is CC(C)CC(=O)N1CCC[C@@H]([C@@H](C)N)C1. The van der Waals surface area contributed by atoms with Gasteiger partial charge < -0.3 is 10.6 Å². The molecule has 15 heavy (non-hydrogen) atoms. The molecule has 88 valence electrons. The molecule has 2 atom stereocenters. The van der Waals surface area contributed by atoms with Gasteiger partial charge in [-0.25, -0.2) is 0 Å². The zero-order valence-electron chi connectivity index (χ0n) is 10.2. The summed E-state index contributed by atoms with van der Waals surface area (Å²) in [6.45, 7) is 8.01. The third kappa shape index (κ3) is 3.82. The van der Waals surface area contributed by atoms with E-state index in [2.05, 4.69) is 13.8 Å². The van der Waals surface area contributed by atoms with Crippen molar-refractivity contribution in [2.24, 2.45) is 17.6 Å². The van der Waals surface area contributed by atoms with Gasteiger partial charge in [0.2, 0.25) is 5.91 Å². The van der Waals surface area contributed by atoms with Crippen LogP contribution < -0.4 is 5.73 Å². The predicted molar refractivity (Wildman–Crippen MR) is 62.4 cm³/mol. The van der Waals surface area contributed by atoms with Crippen LogP contribution in [0.5, 0.6) is 0 Å². The molecule has 0 bridgehead atoms. The van der Waals surface area contributed by atoms with Crippen LogP contribution in [0.4, 0.5) is 0 Å². The Labute approximate surface area is 93.0 Å². The Kier molecular flexibility index (Phi) is 4.58. The first-order valence-electron chi connectivity index (χ1n) is 6.04. The molecule has 1 amide bonds. The fraction of sp³-hybridized carbons (Fsp3) is 0.917. The number of nitrogens with zero attached hydrogens (tertiary/aromatic N) is 1. The zero-order chi connectivity index (χ0) is 11.4. The number of likely N-dealkylation sites (tertiary alicyclic amines) is 1. The molecule has 0 aromatic carbocycles. The van der Waals surface area contributed by atoms with E-state index >= 15 is 0 Å². The highest BCUT2D eigenvalue weighted by molar-refractivity contribution is 5.76. The van der Waals surface area contributed by atoms with Gasteiger partial charge in [-0.15, -0.1) is 0 Å². The topological polar surface area (TPSA) is 46.3 Å². The highest BCUT2D eigenvalue weighted by atomic mass is 16.2. The normalized spacial score (nSPS) is 24.3. The first-order chi connectivity index (χ1) is 7.00. The maximum Gasteiger partial charge on any atom is 0.222 e. The summed E-state index contributed by atoms with van der Waals surface area (Å²) in [7, 11) is 0. The van der Waals surface area contributed by atoms with E-state index in [4.69, 9.17) is 5.73 Å². The number of amides is 1. The number of piperidine rings is 1. The van der Waals surface area contributed by atoms with Crippen LogP contribution in [0.3, 0.4) is 0 Å². The van der Waals surface area contributed by atoms with Crippen molar-refractivity contribution in [3.63, 3.8) is 0 Å². The first-order valence-corrected chi connectivity index (χ1v) is 6.04. The second-order valence-electron chi connectivity index (χ2n) is 5.20. The molecule has 0 aromatic heterocycles. The van der Waals surface area contributed by atoms with Gasteiger partial charge in [0, 0.05) is 25.6 Å². The van der Waals surface area contributed by atoms with Crippen LogP contribution in [0.15, 0.2) is 0 Å². The van der Waals surface area contributed by atoms with Crippen molar-refractivity contribution >= 4 is 5.91 Å². The molecule has 1 fully saturated rings. The molecule has 2 N–H and O–H groups in total. The van der Waals surface area contributed by atoms with Crippen molar-refractivity contribution in [3.8, 4) is 0 Å². The lowest BCUT2D eigenvalue weighted by Crippen LogP contribution is -2.45. The largest absolute Gasteiger partial charge is 0.342 e. The Morgan fingerprint density at radius 2 is 2.13 bits per heavy atom. The van der Waals surface area contributed by atoms with E-state index in [0.717, 1.165) is 19.5 Å². The van der Waals surface area contributed by atoms with Crippen molar-refractivity contribution in [2.75, 3.05) is 13.1 Å². The van der Waals surface area contributed by atoms with Crippen LogP contribution in [0.1, 0.15) is 40.0 Å². The summed E-state index contributed by atoms with van der Waals surface area (Å²) >= 11 is 0. The Bertz CT molecular complexity index is 214. The van der Waals surface area contributed by atoms with Crippen LogP contribution in [-0.4, -0.2) is 29.9 Å². The van der Waals surface area contributed by atoms with Gasteiger partial charge >= 0.3 is 0 Å². The maximum absolute atomic E-state index is 11.9. The van der Waals surface area contributed by atoms with Gasteiger partial charge in [0.25, 0.3) is 0 Å². The standard InChI is InChI=1S/C12H24N2O/c1-9(2)7-12(15)14-6-4-5-11(8-14)10(3)13/h9-11H,4-8,13H2,1-3H3/t10-,11-/m1/s1. The highest BCUT2D eigenvalue weighted by Crippen LogP contribution is 2.20. The van der Waals surface area contributed by atoms with E-state index in [0.29, 0.717) is 24.2 Å². The van der Waals surface area contributed by atoms with Gasteiger partial charge in [-0.05, 0) is 31.6 Å². The molecular weight excluding hydrogens is 188 g/mol. The van der Waals surface area contributed by atoms with E-state index in [9.17, 15) is 4.79 Å². The highest BCUT2D eigenvalue weighted by Gasteiger charge is 2.25. The zero-order valence-corrected chi connectivity index (χ0v) is 10.2. The van der Waals surface area contributed by atoms with Gasteiger partial charge in [-0.1, -0.05) is 13.8 Å². The fourth-order valence-electron chi connectivity index (χ4n) is 2.14. The molecule has 0 spiro atoms. The molecule has 1 heterocycles. The van der Waals surface area contributed by atoms with Gasteiger partial charge in [-0.3, -0.25) is 4.79 Å². The van der Waals surface area contributed by atoms with E-state index in [-0.39, 0.29) is 6.04 Å². The summed E-state index contributed by atoms with van der Waals surface area (Å²) in [5, 5.41) is 0. The number of carbonyl (C=O) groups excluding carboxylic acids is 1. The van der Waals surface area contributed by atoms with Crippen molar-refractivity contribution in [1.29, 1.82) is 0 Å². The van der Waals surface area contributed by atoms with Gasteiger partial charge in [0.15, 0.2) is 0 Å². The fourth-order valence-corrected chi connectivity index (χ4v) is 2.14.